The van der Waals surface area contributed by atoms with Crippen LogP contribution in [0, 0.1) is 5.41 Å². The summed E-state index contributed by atoms with van der Waals surface area (Å²) in [5.41, 5.74) is 12.9. The van der Waals surface area contributed by atoms with Crippen LogP contribution in [0.1, 0.15) is 29.9 Å². The second-order valence-electron chi connectivity index (χ2n) is 7.62. The molecule has 0 saturated carbocycles. The molecule has 12 heteroatoms. The van der Waals surface area contributed by atoms with Crippen molar-refractivity contribution in [3.63, 3.8) is 0 Å². The number of benzene rings is 2. The highest BCUT2D eigenvalue weighted by atomic mass is 19.1. The molecule has 1 unspecified atom stereocenters. The summed E-state index contributed by atoms with van der Waals surface area (Å²) in [6, 6.07) is 11.3. The smallest absolute Gasteiger partial charge is 0.349 e. The molecule has 1 heterocycles. The molecule has 2 aromatic carbocycles. The molecule has 0 aliphatic heterocycles. The Kier molecular flexibility index (Phi) is 9.19. The number of nitrogens with two attached hydrogens (primary N) is 2. The van der Waals surface area contributed by atoms with Crippen molar-refractivity contribution in [3.8, 4) is 11.5 Å². The average molecular weight is 509 g/mol. The summed E-state index contributed by atoms with van der Waals surface area (Å²) in [7, 11) is 0. The van der Waals surface area contributed by atoms with Gasteiger partial charge in [0.05, 0.1) is 6.61 Å². The topological polar surface area (TPSA) is 169 Å². The third-order valence-corrected chi connectivity index (χ3v) is 5.01. The Labute approximate surface area is 212 Å². The van der Waals surface area contributed by atoms with E-state index in [1.807, 2.05) is 6.92 Å². The lowest BCUT2D eigenvalue weighted by atomic mass is 10.0. The van der Waals surface area contributed by atoms with Crippen molar-refractivity contribution < 1.29 is 13.9 Å². The largest absolute Gasteiger partial charge is 0.494 e. The van der Waals surface area contributed by atoms with Crippen LogP contribution in [0.25, 0.3) is 5.82 Å². The van der Waals surface area contributed by atoms with Crippen LogP contribution >= 0.6 is 0 Å². The summed E-state index contributed by atoms with van der Waals surface area (Å²) in [4.78, 5) is 19.0. The number of halogens is 1. The number of allylic oxidation sites excluding steroid dienone is 2. The van der Waals surface area contributed by atoms with Crippen molar-refractivity contribution in [2.75, 3.05) is 25.2 Å². The van der Waals surface area contributed by atoms with Crippen LogP contribution in [0.5, 0.6) is 11.5 Å². The second-order valence-corrected chi connectivity index (χ2v) is 7.62. The first-order valence-corrected chi connectivity index (χ1v) is 11.3. The molecular weight excluding hydrogens is 479 g/mol. The average Bonchev–Trinajstić information content (AvgIpc) is 3.27. The molecule has 0 amide bonds. The molecule has 37 heavy (non-hydrogen) atoms. The van der Waals surface area contributed by atoms with Gasteiger partial charge in [0.1, 0.15) is 42.5 Å². The van der Waals surface area contributed by atoms with Gasteiger partial charge in [-0.3, -0.25) is 15.4 Å². The van der Waals surface area contributed by atoms with Gasteiger partial charge in [-0.1, -0.05) is 0 Å². The zero-order chi connectivity index (χ0) is 26.8. The monoisotopic (exact) mass is 508 g/mol. The highest BCUT2D eigenvalue weighted by molar-refractivity contribution is 5.95. The minimum absolute atomic E-state index is 0.0618. The van der Waals surface area contributed by atoms with Crippen LogP contribution in [-0.4, -0.2) is 47.2 Å². The number of hydrogen-bond acceptors (Lipinski definition) is 8. The number of aliphatic imine (C=N–C) groups is 1. The SMILES string of the molecule is C=N/C=C\C=C(/N)n1nc(C(Nc2ccc(C(=N)N)cc2)c2cc(OCC)cc(OCCF)c2)[nH]c1=O. The molecule has 0 radical (unpaired) electrons. The minimum Gasteiger partial charge on any atom is -0.494 e. The first-order valence-electron chi connectivity index (χ1n) is 11.3. The number of nitrogens with one attached hydrogen (secondary N) is 3. The number of ether oxygens (including phenoxy) is 2. The highest BCUT2D eigenvalue weighted by Crippen LogP contribution is 2.31. The third-order valence-electron chi connectivity index (χ3n) is 5.01. The first-order chi connectivity index (χ1) is 17.9. The van der Waals surface area contributed by atoms with E-state index in [1.165, 1.54) is 18.4 Å². The van der Waals surface area contributed by atoms with E-state index < -0.39 is 18.4 Å². The van der Waals surface area contributed by atoms with Crippen molar-refractivity contribution in [2.45, 2.75) is 13.0 Å². The summed E-state index contributed by atoms with van der Waals surface area (Å²) < 4.78 is 25.0. The molecule has 194 valence electrons. The molecule has 0 aliphatic carbocycles. The number of rotatable bonds is 13. The standard InChI is InChI=1S/C25H29FN8O3/c1-3-36-19-13-17(14-20(15-19)37-12-10-26)22(31-18-8-6-16(7-9-18)23(28)29)24-32-25(35)34(33-24)21(27)5-4-11-30-2/h4-9,11,13-15,22,31H,2-3,10,12,27H2,1H3,(H3,28,29)(H,32,33,35)/b11-4-,21-5+. The lowest BCUT2D eigenvalue weighted by Crippen LogP contribution is -2.21. The summed E-state index contributed by atoms with van der Waals surface area (Å²) in [5.74, 6) is 1.13. The molecule has 1 aromatic heterocycles. The predicted octanol–water partition coefficient (Wildman–Crippen LogP) is 2.78. The lowest BCUT2D eigenvalue weighted by Gasteiger charge is -2.20. The second kappa shape index (κ2) is 12.7. The molecule has 0 saturated heterocycles. The molecule has 0 bridgehead atoms. The van der Waals surface area contributed by atoms with Crippen molar-refractivity contribution in [1.82, 2.24) is 14.8 Å². The Bertz CT molecular complexity index is 1340. The molecule has 3 aromatic rings. The van der Waals surface area contributed by atoms with Crippen molar-refractivity contribution in [3.05, 3.63) is 88.3 Å². The Morgan fingerprint density at radius 2 is 1.97 bits per heavy atom. The summed E-state index contributed by atoms with van der Waals surface area (Å²) in [5, 5.41) is 15.3. The number of H-pyrrole nitrogens is 1. The Morgan fingerprint density at radius 3 is 2.59 bits per heavy atom. The number of aromatic nitrogens is 3. The first kappa shape index (κ1) is 26.7. The minimum atomic E-state index is -0.705. The molecule has 3 rings (SSSR count). The van der Waals surface area contributed by atoms with Gasteiger partial charge >= 0.3 is 5.69 Å². The normalized spacial score (nSPS) is 12.3. The van der Waals surface area contributed by atoms with E-state index in [0.717, 1.165) is 4.68 Å². The Morgan fingerprint density at radius 1 is 1.27 bits per heavy atom. The fraction of sp³-hybridized carbons (Fsp3) is 0.200. The number of hydrogen-bond donors (Lipinski definition) is 5. The number of nitrogens with zero attached hydrogens (tertiary/aromatic N) is 3. The third kappa shape index (κ3) is 7.07. The zero-order valence-electron chi connectivity index (χ0n) is 20.3. The van der Waals surface area contributed by atoms with Gasteiger partial charge in [-0.15, -0.1) is 5.10 Å². The van der Waals surface area contributed by atoms with Gasteiger partial charge in [-0.05, 0) is 67.8 Å². The van der Waals surface area contributed by atoms with Gasteiger partial charge in [0, 0.05) is 23.5 Å². The molecule has 0 aliphatic rings. The summed E-state index contributed by atoms with van der Waals surface area (Å²) >= 11 is 0. The van der Waals surface area contributed by atoms with Crippen molar-refractivity contribution in [1.29, 1.82) is 5.41 Å². The number of anilines is 1. The van der Waals surface area contributed by atoms with E-state index in [4.69, 9.17) is 26.4 Å². The van der Waals surface area contributed by atoms with Crippen LogP contribution < -0.4 is 31.9 Å². The van der Waals surface area contributed by atoms with E-state index in [9.17, 15) is 9.18 Å². The molecule has 11 nitrogen and oxygen atoms in total. The van der Waals surface area contributed by atoms with Crippen LogP contribution in [-0.2, 0) is 0 Å². The van der Waals surface area contributed by atoms with E-state index in [1.54, 1.807) is 42.5 Å². The van der Waals surface area contributed by atoms with Crippen LogP contribution in [0.3, 0.4) is 0 Å². The number of alkyl halides is 1. The van der Waals surface area contributed by atoms with Gasteiger partial charge in [0.25, 0.3) is 0 Å². The highest BCUT2D eigenvalue weighted by Gasteiger charge is 2.22. The molecule has 7 N–H and O–H groups in total. The molecular formula is C25H29FN8O3. The lowest BCUT2D eigenvalue weighted by molar-refractivity contribution is 0.270. The Balaban J connectivity index is 2.10. The van der Waals surface area contributed by atoms with E-state index in [0.29, 0.717) is 34.9 Å². The van der Waals surface area contributed by atoms with Crippen molar-refractivity contribution in [2.24, 2.45) is 16.5 Å². The number of amidine groups is 1. The van der Waals surface area contributed by atoms with Gasteiger partial charge < -0.3 is 26.3 Å². The van der Waals surface area contributed by atoms with E-state index in [-0.39, 0.29) is 24.1 Å². The summed E-state index contributed by atoms with van der Waals surface area (Å²) in [6.07, 6.45) is 4.40. The van der Waals surface area contributed by atoms with Crippen LogP contribution in [0.4, 0.5) is 10.1 Å². The number of aromatic amines is 1. The summed E-state index contributed by atoms with van der Waals surface area (Å²) in [6.45, 7) is 4.80. The van der Waals surface area contributed by atoms with Gasteiger partial charge in [-0.2, -0.15) is 4.68 Å². The quantitative estimate of drug-likeness (QED) is 0.134. The maximum absolute atomic E-state index is 12.8. The van der Waals surface area contributed by atoms with Crippen molar-refractivity contribution >= 4 is 24.1 Å². The Hall–Kier alpha value is -4.87. The molecule has 1 atom stereocenters. The van der Waals surface area contributed by atoms with E-state index >= 15 is 0 Å². The molecule has 0 spiro atoms. The van der Waals surface area contributed by atoms with Gasteiger partial charge in [-0.25, -0.2) is 9.18 Å². The fourth-order valence-corrected chi connectivity index (χ4v) is 3.39. The zero-order valence-corrected chi connectivity index (χ0v) is 20.3. The maximum atomic E-state index is 12.8. The van der Waals surface area contributed by atoms with Crippen LogP contribution in [0.2, 0.25) is 0 Å². The number of nitrogen functional groups attached to an aromatic ring is 1. The predicted molar refractivity (Wildman–Crippen MR) is 142 cm³/mol. The van der Waals surface area contributed by atoms with Gasteiger partial charge in [0.2, 0.25) is 0 Å². The molecule has 0 fully saturated rings. The fourth-order valence-electron chi connectivity index (χ4n) is 3.39. The van der Waals surface area contributed by atoms with Crippen LogP contribution in [0.15, 0.2) is 70.6 Å². The van der Waals surface area contributed by atoms with E-state index in [2.05, 4.69) is 27.1 Å². The van der Waals surface area contributed by atoms with Gasteiger partial charge in [0.15, 0.2) is 5.82 Å². The maximum Gasteiger partial charge on any atom is 0.349 e.